The van der Waals surface area contributed by atoms with Gasteiger partial charge in [-0.25, -0.2) is 4.39 Å². The van der Waals surface area contributed by atoms with Gasteiger partial charge in [-0.15, -0.1) is 0 Å². The summed E-state index contributed by atoms with van der Waals surface area (Å²) in [5.74, 6) is -0.391. The summed E-state index contributed by atoms with van der Waals surface area (Å²) in [6, 6.07) is 4.59. The van der Waals surface area contributed by atoms with E-state index in [1.165, 1.54) is 6.07 Å². The molecule has 0 spiro atoms. The van der Waals surface area contributed by atoms with Crippen LogP contribution >= 0.6 is 15.9 Å². The molecule has 0 aliphatic heterocycles. The lowest BCUT2D eigenvalue weighted by Gasteiger charge is -2.05. The first-order valence-corrected chi connectivity index (χ1v) is 5.22. The Kier molecular flexibility index (Phi) is 2.54. The molecule has 1 N–H and O–H groups in total. The summed E-state index contributed by atoms with van der Waals surface area (Å²) in [6.45, 7) is 0. The fraction of sp³-hybridized carbons (Fsp3) is 0.300. The SMILES string of the molecule is O=C(Nc1ccc(Br)cc1F)C1CC1. The van der Waals surface area contributed by atoms with Crippen LogP contribution in [0, 0.1) is 11.7 Å². The highest BCUT2D eigenvalue weighted by molar-refractivity contribution is 9.10. The second-order valence-electron chi connectivity index (χ2n) is 3.39. The Morgan fingerprint density at radius 2 is 2.21 bits per heavy atom. The molecule has 2 nitrogen and oxygen atoms in total. The molecule has 1 fully saturated rings. The number of anilines is 1. The number of halogens is 2. The van der Waals surface area contributed by atoms with Crippen LogP contribution in [-0.2, 0) is 4.79 Å². The third-order valence-corrected chi connectivity index (χ3v) is 2.63. The van der Waals surface area contributed by atoms with E-state index in [2.05, 4.69) is 21.2 Å². The highest BCUT2D eigenvalue weighted by Crippen LogP contribution is 2.30. The van der Waals surface area contributed by atoms with Crippen LogP contribution in [0.5, 0.6) is 0 Å². The van der Waals surface area contributed by atoms with E-state index in [1.54, 1.807) is 12.1 Å². The van der Waals surface area contributed by atoms with Crippen LogP contribution in [0.25, 0.3) is 0 Å². The summed E-state index contributed by atoms with van der Waals surface area (Å²) in [7, 11) is 0. The normalized spacial score (nSPS) is 15.3. The third-order valence-electron chi connectivity index (χ3n) is 2.14. The van der Waals surface area contributed by atoms with Crippen molar-refractivity contribution in [1.29, 1.82) is 0 Å². The first-order valence-electron chi connectivity index (χ1n) is 4.43. The van der Waals surface area contributed by atoms with Gasteiger partial charge in [-0.1, -0.05) is 15.9 Å². The molecule has 0 heterocycles. The zero-order valence-corrected chi connectivity index (χ0v) is 8.97. The fourth-order valence-corrected chi connectivity index (χ4v) is 1.50. The van der Waals surface area contributed by atoms with E-state index >= 15 is 0 Å². The minimum absolute atomic E-state index is 0.0776. The molecule has 2 rings (SSSR count). The van der Waals surface area contributed by atoms with E-state index in [9.17, 15) is 9.18 Å². The van der Waals surface area contributed by atoms with Crippen LogP contribution < -0.4 is 5.32 Å². The van der Waals surface area contributed by atoms with Crippen molar-refractivity contribution in [3.05, 3.63) is 28.5 Å². The summed E-state index contributed by atoms with van der Waals surface area (Å²) < 4.78 is 13.9. The topological polar surface area (TPSA) is 29.1 Å². The molecule has 0 atom stereocenters. The Morgan fingerprint density at radius 3 is 2.79 bits per heavy atom. The van der Waals surface area contributed by atoms with Gasteiger partial charge in [0.25, 0.3) is 0 Å². The highest BCUT2D eigenvalue weighted by atomic mass is 79.9. The number of carbonyl (C=O) groups excluding carboxylic acids is 1. The Bertz CT molecular complexity index is 376. The molecule has 1 aliphatic carbocycles. The van der Waals surface area contributed by atoms with Gasteiger partial charge < -0.3 is 5.32 Å². The molecule has 4 heteroatoms. The van der Waals surface area contributed by atoms with Gasteiger partial charge in [-0.05, 0) is 31.0 Å². The predicted molar refractivity (Wildman–Crippen MR) is 55.5 cm³/mol. The number of hydrogen-bond acceptors (Lipinski definition) is 1. The maximum absolute atomic E-state index is 13.2. The molecule has 0 bridgehead atoms. The summed E-state index contributed by atoms with van der Waals surface area (Å²) >= 11 is 3.15. The number of amides is 1. The quantitative estimate of drug-likeness (QED) is 0.868. The minimum atomic E-state index is -0.409. The molecule has 0 saturated heterocycles. The standard InChI is InChI=1S/C10H9BrFNO/c11-7-3-4-9(8(12)5-7)13-10(14)6-1-2-6/h3-6H,1-2H2,(H,13,14). The molecular weight excluding hydrogens is 249 g/mol. The molecule has 1 aromatic rings. The van der Waals surface area contributed by atoms with Crippen LogP contribution in [0.15, 0.2) is 22.7 Å². The minimum Gasteiger partial charge on any atom is -0.323 e. The summed E-state index contributed by atoms with van der Waals surface area (Å²) in [5.41, 5.74) is 0.255. The molecule has 0 unspecified atom stereocenters. The largest absolute Gasteiger partial charge is 0.323 e. The zero-order chi connectivity index (χ0) is 10.1. The molecular formula is C10H9BrFNO. The van der Waals surface area contributed by atoms with Gasteiger partial charge in [-0.3, -0.25) is 4.79 Å². The van der Waals surface area contributed by atoms with Crippen LogP contribution in [0.2, 0.25) is 0 Å². The molecule has 1 aliphatic rings. The number of carbonyl (C=O) groups is 1. The average Bonchev–Trinajstić information content (AvgIpc) is 2.92. The molecule has 1 saturated carbocycles. The van der Waals surface area contributed by atoms with Crippen molar-refractivity contribution in [2.24, 2.45) is 5.92 Å². The van der Waals surface area contributed by atoms with E-state index in [1.807, 2.05) is 0 Å². The van der Waals surface area contributed by atoms with E-state index in [0.717, 1.165) is 12.8 Å². The second kappa shape index (κ2) is 3.69. The van der Waals surface area contributed by atoms with Crippen LogP contribution in [0.1, 0.15) is 12.8 Å². The number of benzene rings is 1. The zero-order valence-electron chi connectivity index (χ0n) is 7.39. The monoisotopic (exact) mass is 257 g/mol. The van der Waals surface area contributed by atoms with Crippen molar-refractivity contribution in [3.8, 4) is 0 Å². The number of hydrogen-bond donors (Lipinski definition) is 1. The van der Waals surface area contributed by atoms with Gasteiger partial charge in [0.15, 0.2) is 0 Å². The van der Waals surface area contributed by atoms with Gasteiger partial charge in [0, 0.05) is 10.4 Å². The first kappa shape index (κ1) is 9.65. The van der Waals surface area contributed by atoms with E-state index in [-0.39, 0.29) is 17.5 Å². The summed E-state index contributed by atoms with van der Waals surface area (Å²) in [4.78, 5) is 11.3. The molecule has 74 valence electrons. The van der Waals surface area contributed by atoms with Gasteiger partial charge in [0.2, 0.25) is 5.91 Å². The molecule has 14 heavy (non-hydrogen) atoms. The van der Waals surface area contributed by atoms with Crippen molar-refractivity contribution < 1.29 is 9.18 Å². The Balaban J connectivity index is 2.11. The van der Waals surface area contributed by atoms with Crippen LogP contribution in [-0.4, -0.2) is 5.91 Å². The van der Waals surface area contributed by atoms with Gasteiger partial charge in [-0.2, -0.15) is 0 Å². The van der Waals surface area contributed by atoms with Crippen molar-refractivity contribution in [3.63, 3.8) is 0 Å². The van der Waals surface area contributed by atoms with E-state index in [4.69, 9.17) is 0 Å². The maximum Gasteiger partial charge on any atom is 0.227 e. The Hall–Kier alpha value is -0.900. The third kappa shape index (κ3) is 2.12. The maximum atomic E-state index is 13.2. The average molecular weight is 258 g/mol. The lowest BCUT2D eigenvalue weighted by atomic mass is 10.3. The summed E-state index contributed by atoms with van der Waals surface area (Å²) in [6.07, 6.45) is 1.84. The smallest absolute Gasteiger partial charge is 0.227 e. The van der Waals surface area contributed by atoms with Crippen LogP contribution in [0.3, 0.4) is 0 Å². The van der Waals surface area contributed by atoms with E-state index in [0.29, 0.717) is 4.47 Å². The van der Waals surface area contributed by atoms with Gasteiger partial charge in [0.1, 0.15) is 5.82 Å². The second-order valence-corrected chi connectivity index (χ2v) is 4.30. The van der Waals surface area contributed by atoms with Crippen molar-refractivity contribution >= 4 is 27.5 Å². The Morgan fingerprint density at radius 1 is 1.50 bits per heavy atom. The van der Waals surface area contributed by atoms with Gasteiger partial charge >= 0.3 is 0 Å². The van der Waals surface area contributed by atoms with Gasteiger partial charge in [0.05, 0.1) is 5.69 Å². The number of nitrogens with one attached hydrogen (secondary N) is 1. The molecule has 1 amide bonds. The predicted octanol–water partition coefficient (Wildman–Crippen LogP) is 2.94. The van der Waals surface area contributed by atoms with Crippen molar-refractivity contribution in [2.75, 3.05) is 5.32 Å². The van der Waals surface area contributed by atoms with E-state index < -0.39 is 5.82 Å². The molecule has 0 aromatic heterocycles. The number of rotatable bonds is 2. The molecule has 0 radical (unpaired) electrons. The fourth-order valence-electron chi connectivity index (χ4n) is 1.17. The lowest BCUT2D eigenvalue weighted by molar-refractivity contribution is -0.117. The lowest BCUT2D eigenvalue weighted by Crippen LogP contribution is -2.14. The highest BCUT2D eigenvalue weighted by Gasteiger charge is 2.29. The Labute approximate surface area is 89.6 Å². The first-order chi connectivity index (χ1) is 6.66. The summed E-state index contributed by atoms with van der Waals surface area (Å²) in [5, 5.41) is 2.56. The van der Waals surface area contributed by atoms with Crippen molar-refractivity contribution in [1.82, 2.24) is 0 Å². The van der Waals surface area contributed by atoms with Crippen LogP contribution in [0.4, 0.5) is 10.1 Å². The molecule has 1 aromatic carbocycles. The van der Waals surface area contributed by atoms with Crippen molar-refractivity contribution in [2.45, 2.75) is 12.8 Å².